The quantitative estimate of drug-likeness (QED) is 0.122. The lowest BCUT2D eigenvalue weighted by molar-refractivity contribution is -0.150. The van der Waals surface area contributed by atoms with Gasteiger partial charge >= 0.3 is 12.1 Å². The van der Waals surface area contributed by atoms with Crippen molar-refractivity contribution in [2.45, 2.75) is 110 Å². The zero-order chi connectivity index (χ0) is 22.6. The van der Waals surface area contributed by atoms with Crippen LogP contribution in [0.2, 0.25) is 0 Å². The molecule has 0 aromatic rings. The Hall–Kier alpha value is -0.970. The molecule has 0 fully saturated rings. The first-order chi connectivity index (χ1) is 14.5. The third kappa shape index (κ3) is 14.9. The van der Waals surface area contributed by atoms with Crippen molar-refractivity contribution in [3.63, 3.8) is 0 Å². The predicted molar refractivity (Wildman–Crippen MR) is 125 cm³/mol. The van der Waals surface area contributed by atoms with Crippen LogP contribution in [0.25, 0.3) is 0 Å². The Bertz CT molecular complexity index is 431. The van der Waals surface area contributed by atoms with Crippen molar-refractivity contribution in [3.8, 4) is 0 Å². The number of unbranched alkanes of at least 4 members (excludes halogenated alkanes) is 12. The summed E-state index contributed by atoms with van der Waals surface area (Å²) in [5.74, 6) is -0.193. The van der Waals surface area contributed by atoms with Crippen molar-refractivity contribution in [1.82, 2.24) is 4.90 Å². The number of likely N-dealkylation sites (N-methyl/N-ethyl adjacent to an activating group) is 1. The second-order valence-electron chi connectivity index (χ2n) is 8.51. The Balaban J connectivity index is 3.78. The second-order valence-corrected chi connectivity index (χ2v) is 8.89. The van der Waals surface area contributed by atoms with E-state index in [1.165, 1.54) is 75.5 Å². The van der Waals surface area contributed by atoms with Crippen molar-refractivity contribution in [2.75, 3.05) is 26.1 Å². The molecule has 0 aliphatic heterocycles. The maximum Gasteiger partial charge on any atom is 0.410 e. The first kappa shape index (κ1) is 29.0. The summed E-state index contributed by atoms with van der Waals surface area (Å²) >= 11 is 5.54. The highest BCUT2D eigenvalue weighted by molar-refractivity contribution is 6.18. The van der Waals surface area contributed by atoms with Crippen molar-refractivity contribution in [2.24, 2.45) is 5.92 Å². The van der Waals surface area contributed by atoms with Crippen molar-refractivity contribution in [1.29, 1.82) is 0 Å². The van der Waals surface area contributed by atoms with Gasteiger partial charge in [0.15, 0.2) is 0 Å². The smallest absolute Gasteiger partial charge is 0.410 e. The Morgan fingerprint density at radius 2 is 1.23 bits per heavy atom. The van der Waals surface area contributed by atoms with Gasteiger partial charge in [0.05, 0.1) is 12.5 Å². The molecule has 0 saturated carbocycles. The molecule has 0 spiro atoms. The molecule has 0 N–H and O–H groups in total. The van der Waals surface area contributed by atoms with E-state index in [1.807, 2.05) is 13.8 Å². The fourth-order valence-corrected chi connectivity index (χ4v) is 3.67. The van der Waals surface area contributed by atoms with Gasteiger partial charge in [-0.1, -0.05) is 97.8 Å². The molecule has 0 bridgehead atoms. The summed E-state index contributed by atoms with van der Waals surface area (Å²) < 4.78 is 10.4. The number of rotatable bonds is 19. The van der Waals surface area contributed by atoms with Crippen LogP contribution in [0.4, 0.5) is 4.79 Å². The molecule has 5 nitrogen and oxygen atoms in total. The van der Waals surface area contributed by atoms with Gasteiger partial charge in [-0.25, -0.2) is 9.59 Å². The number of alkyl halides is 1. The van der Waals surface area contributed by atoms with Crippen LogP contribution in [0, 0.1) is 5.92 Å². The Morgan fingerprint density at radius 1 is 0.767 bits per heavy atom. The first-order valence-electron chi connectivity index (χ1n) is 12.1. The van der Waals surface area contributed by atoms with E-state index < -0.39 is 12.1 Å². The van der Waals surface area contributed by atoms with E-state index in [0.717, 1.165) is 12.8 Å². The Kier molecular flexibility index (Phi) is 19.3. The molecule has 1 unspecified atom stereocenters. The highest BCUT2D eigenvalue weighted by Crippen LogP contribution is 2.14. The lowest BCUT2D eigenvalue weighted by Crippen LogP contribution is -2.47. The number of carbonyl (C=O) groups excluding carboxylic acids is 2. The van der Waals surface area contributed by atoms with Gasteiger partial charge in [-0.05, 0) is 12.3 Å². The standard InChI is InChI=1S/C24H46ClNO4/c1-5-6-7-8-9-10-11-12-13-14-15-16-17-19-29-23(27)22(21(2)3)26(4)24(28)30-20-18-25/h21-22H,5-20H2,1-4H3. The molecule has 30 heavy (non-hydrogen) atoms. The van der Waals surface area contributed by atoms with Crippen LogP contribution in [0.3, 0.4) is 0 Å². The molecule has 1 atom stereocenters. The molecule has 178 valence electrons. The number of carbonyl (C=O) groups is 2. The topological polar surface area (TPSA) is 55.8 Å². The maximum atomic E-state index is 12.4. The maximum absolute atomic E-state index is 12.4. The molecule has 0 aliphatic rings. The SMILES string of the molecule is CCCCCCCCCCCCCCCOC(=O)C(C(C)C)N(C)C(=O)OCCCl. The molecule has 0 heterocycles. The first-order valence-corrected chi connectivity index (χ1v) is 12.6. The lowest BCUT2D eigenvalue weighted by atomic mass is 10.0. The van der Waals surface area contributed by atoms with E-state index in [9.17, 15) is 9.59 Å². The minimum absolute atomic E-state index is 0.0577. The third-order valence-corrected chi connectivity index (χ3v) is 5.53. The largest absolute Gasteiger partial charge is 0.464 e. The third-order valence-electron chi connectivity index (χ3n) is 5.37. The molecule has 0 aliphatic carbocycles. The molecular formula is C24H46ClNO4. The van der Waals surface area contributed by atoms with Gasteiger partial charge in [0.25, 0.3) is 0 Å². The minimum Gasteiger partial charge on any atom is -0.464 e. The highest BCUT2D eigenvalue weighted by atomic mass is 35.5. The van der Waals surface area contributed by atoms with E-state index >= 15 is 0 Å². The number of ether oxygens (including phenoxy) is 2. The zero-order valence-corrected chi connectivity index (χ0v) is 20.7. The van der Waals surface area contributed by atoms with Crippen LogP contribution in [-0.2, 0) is 14.3 Å². The Labute approximate surface area is 190 Å². The van der Waals surface area contributed by atoms with Crippen LogP contribution in [0.5, 0.6) is 0 Å². The summed E-state index contributed by atoms with van der Waals surface area (Å²) in [6, 6.07) is -0.644. The average Bonchev–Trinajstić information content (AvgIpc) is 2.71. The van der Waals surface area contributed by atoms with Crippen molar-refractivity contribution >= 4 is 23.7 Å². The summed E-state index contributed by atoms with van der Waals surface area (Å²) in [7, 11) is 1.56. The number of halogens is 1. The van der Waals surface area contributed by atoms with E-state index in [4.69, 9.17) is 21.1 Å². The predicted octanol–water partition coefficient (Wildman–Crippen LogP) is 6.95. The minimum atomic E-state index is -0.644. The van der Waals surface area contributed by atoms with Crippen LogP contribution in [0.15, 0.2) is 0 Å². The molecule has 6 heteroatoms. The van der Waals surface area contributed by atoms with Gasteiger partial charge in [-0.2, -0.15) is 0 Å². The van der Waals surface area contributed by atoms with Crippen LogP contribution < -0.4 is 0 Å². The Morgan fingerprint density at radius 3 is 1.67 bits per heavy atom. The molecular weight excluding hydrogens is 402 g/mol. The number of nitrogens with zero attached hydrogens (tertiary/aromatic N) is 1. The summed E-state index contributed by atoms with van der Waals surface area (Å²) in [5, 5.41) is 0. The fraction of sp³-hybridized carbons (Fsp3) is 0.917. The molecule has 0 aromatic heterocycles. The van der Waals surface area contributed by atoms with E-state index in [-0.39, 0.29) is 24.4 Å². The van der Waals surface area contributed by atoms with Gasteiger partial charge in [0, 0.05) is 7.05 Å². The molecule has 0 radical (unpaired) electrons. The van der Waals surface area contributed by atoms with Gasteiger partial charge in [0.1, 0.15) is 12.6 Å². The van der Waals surface area contributed by atoms with E-state index in [1.54, 1.807) is 7.05 Å². The molecule has 0 aromatic carbocycles. The van der Waals surface area contributed by atoms with Gasteiger partial charge in [-0.3, -0.25) is 4.90 Å². The van der Waals surface area contributed by atoms with E-state index in [2.05, 4.69) is 6.92 Å². The van der Waals surface area contributed by atoms with Crippen molar-refractivity contribution < 1.29 is 19.1 Å². The van der Waals surface area contributed by atoms with Gasteiger partial charge in [-0.15, -0.1) is 11.6 Å². The van der Waals surface area contributed by atoms with E-state index in [0.29, 0.717) is 6.61 Å². The zero-order valence-electron chi connectivity index (χ0n) is 19.9. The second kappa shape index (κ2) is 20.0. The summed E-state index contributed by atoms with van der Waals surface area (Å²) in [6.07, 6.45) is 16.1. The summed E-state index contributed by atoms with van der Waals surface area (Å²) in [4.78, 5) is 25.7. The normalized spacial score (nSPS) is 12.1. The molecule has 1 amide bonds. The fourth-order valence-electron chi connectivity index (χ4n) is 3.60. The number of hydrogen-bond donors (Lipinski definition) is 0. The monoisotopic (exact) mass is 447 g/mol. The summed E-state index contributed by atoms with van der Waals surface area (Å²) in [5.41, 5.74) is 0. The number of esters is 1. The van der Waals surface area contributed by atoms with Gasteiger partial charge in [0.2, 0.25) is 0 Å². The molecule has 0 rings (SSSR count). The summed E-state index contributed by atoms with van der Waals surface area (Å²) in [6.45, 7) is 6.58. The number of amides is 1. The van der Waals surface area contributed by atoms with Crippen molar-refractivity contribution in [3.05, 3.63) is 0 Å². The lowest BCUT2D eigenvalue weighted by Gasteiger charge is -2.28. The number of hydrogen-bond acceptors (Lipinski definition) is 4. The molecule has 0 saturated heterocycles. The van der Waals surface area contributed by atoms with Crippen LogP contribution >= 0.6 is 11.6 Å². The average molecular weight is 448 g/mol. The van der Waals surface area contributed by atoms with Crippen LogP contribution in [-0.4, -0.2) is 49.1 Å². The van der Waals surface area contributed by atoms with Crippen LogP contribution in [0.1, 0.15) is 104 Å². The van der Waals surface area contributed by atoms with Gasteiger partial charge < -0.3 is 9.47 Å². The highest BCUT2D eigenvalue weighted by Gasteiger charge is 2.32.